The molecular formula is C22H20FN3O3S2. The molecule has 0 aliphatic heterocycles. The minimum absolute atomic E-state index is 0.0243. The zero-order valence-corrected chi connectivity index (χ0v) is 19.0. The minimum atomic E-state index is -3.98. The second-order valence-corrected chi connectivity index (χ2v) is 10.1. The van der Waals surface area contributed by atoms with E-state index in [2.05, 4.69) is 10.1 Å². The molecule has 0 saturated carbocycles. The van der Waals surface area contributed by atoms with E-state index in [1.54, 1.807) is 24.4 Å². The maximum Gasteiger partial charge on any atom is 0.269 e. The van der Waals surface area contributed by atoms with Gasteiger partial charge in [-0.05, 0) is 67.1 Å². The lowest BCUT2D eigenvalue weighted by atomic mass is 10.1. The van der Waals surface area contributed by atoms with Crippen molar-refractivity contribution in [2.24, 2.45) is 0 Å². The molecule has 0 aliphatic carbocycles. The van der Waals surface area contributed by atoms with Gasteiger partial charge < -0.3 is 4.52 Å². The van der Waals surface area contributed by atoms with E-state index in [-0.39, 0.29) is 16.5 Å². The summed E-state index contributed by atoms with van der Waals surface area (Å²) >= 11 is 1.19. The number of halogens is 1. The molecule has 0 unspecified atom stereocenters. The highest BCUT2D eigenvalue weighted by molar-refractivity contribution is 7.93. The maximum absolute atomic E-state index is 14.0. The van der Waals surface area contributed by atoms with Gasteiger partial charge in [-0.25, -0.2) is 12.8 Å². The molecule has 2 heterocycles. The molecule has 0 N–H and O–H groups in total. The van der Waals surface area contributed by atoms with Gasteiger partial charge in [-0.15, -0.1) is 11.3 Å². The first-order valence-corrected chi connectivity index (χ1v) is 11.7. The van der Waals surface area contributed by atoms with Crippen molar-refractivity contribution < 1.29 is 17.3 Å². The SMILES string of the molecule is Cc1ccc(-c2noc(-c3sccc3S(=O)(=O)N(C)c3ccc(C)c(F)c3)n2)cc1C. The molecule has 2 aromatic carbocycles. The summed E-state index contributed by atoms with van der Waals surface area (Å²) < 4.78 is 46.9. The summed E-state index contributed by atoms with van der Waals surface area (Å²) in [4.78, 5) is 4.77. The van der Waals surface area contributed by atoms with Gasteiger partial charge in [0, 0.05) is 12.6 Å². The number of anilines is 1. The Morgan fingerprint density at radius 1 is 1.00 bits per heavy atom. The molecule has 0 bridgehead atoms. The van der Waals surface area contributed by atoms with Gasteiger partial charge in [0.05, 0.1) is 5.69 Å². The normalized spacial score (nSPS) is 11.6. The zero-order chi connectivity index (χ0) is 22.3. The van der Waals surface area contributed by atoms with Crippen LogP contribution in [0, 0.1) is 26.6 Å². The number of thiophene rings is 1. The molecule has 160 valence electrons. The summed E-state index contributed by atoms with van der Waals surface area (Å²) in [7, 11) is -2.59. The van der Waals surface area contributed by atoms with E-state index in [9.17, 15) is 12.8 Å². The summed E-state index contributed by atoms with van der Waals surface area (Å²) in [6.07, 6.45) is 0. The molecule has 0 amide bonds. The molecule has 2 aromatic heterocycles. The number of rotatable bonds is 5. The second-order valence-electron chi connectivity index (χ2n) is 7.24. The maximum atomic E-state index is 14.0. The van der Waals surface area contributed by atoms with Crippen LogP contribution in [0.1, 0.15) is 16.7 Å². The van der Waals surface area contributed by atoms with Crippen molar-refractivity contribution in [2.75, 3.05) is 11.4 Å². The topological polar surface area (TPSA) is 76.3 Å². The Balaban J connectivity index is 1.71. The van der Waals surface area contributed by atoms with Gasteiger partial charge in [-0.1, -0.05) is 23.4 Å². The fourth-order valence-electron chi connectivity index (χ4n) is 3.03. The van der Waals surface area contributed by atoms with E-state index in [1.165, 1.54) is 30.5 Å². The van der Waals surface area contributed by atoms with Crippen LogP contribution < -0.4 is 4.31 Å². The third-order valence-electron chi connectivity index (χ3n) is 5.17. The first kappa shape index (κ1) is 21.2. The van der Waals surface area contributed by atoms with Gasteiger partial charge in [0.1, 0.15) is 15.6 Å². The molecule has 4 rings (SSSR count). The Morgan fingerprint density at radius 2 is 1.74 bits per heavy atom. The third kappa shape index (κ3) is 3.86. The summed E-state index contributed by atoms with van der Waals surface area (Å²) in [6.45, 7) is 5.63. The molecule has 0 atom stereocenters. The highest BCUT2D eigenvalue weighted by Gasteiger charge is 2.29. The fourth-order valence-corrected chi connectivity index (χ4v) is 5.54. The average molecular weight is 458 g/mol. The van der Waals surface area contributed by atoms with Crippen molar-refractivity contribution in [1.29, 1.82) is 0 Å². The molecule has 4 aromatic rings. The lowest BCUT2D eigenvalue weighted by Crippen LogP contribution is -2.26. The molecular weight excluding hydrogens is 437 g/mol. The van der Waals surface area contributed by atoms with Crippen LogP contribution in [0.5, 0.6) is 0 Å². The minimum Gasteiger partial charge on any atom is -0.333 e. The molecule has 9 heteroatoms. The van der Waals surface area contributed by atoms with Crippen molar-refractivity contribution >= 4 is 27.0 Å². The Kier molecular flexibility index (Phi) is 5.40. The van der Waals surface area contributed by atoms with Gasteiger partial charge >= 0.3 is 0 Å². The molecule has 0 spiro atoms. The number of nitrogens with zero attached hydrogens (tertiary/aromatic N) is 3. The van der Waals surface area contributed by atoms with Gasteiger partial charge in [-0.2, -0.15) is 4.98 Å². The van der Waals surface area contributed by atoms with E-state index in [0.29, 0.717) is 16.3 Å². The number of hydrogen-bond acceptors (Lipinski definition) is 6. The highest BCUT2D eigenvalue weighted by Crippen LogP contribution is 2.35. The van der Waals surface area contributed by atoms with Gasteiger partial charge in [0.15, 0.2) is 0 Å². The molecule has 0 aliphatic rings. The van der Waals surface area contributed by atoms with Crippen LogP contribution in [0.15, 0.2) is 57.3 Å². The quantitative estimate of drug-likeness (QED) is 0.404. The average Bonchev–Trinajstić information content (AvgIpc) is 3.41. The van der Waals surface area contributed by atoms with E-state index >= 15 is 0 Å². The van der Waals surface area contributed by atoms with E-state index in [0.717, 1.165) is 21.0 Å². The lowest BCUT2D eigenvalue weighted by molar-refractivity contribution is 0.432. The van der Waals surface area contributed by atoms with Crippen molar-refractivity contribution in [3.8, 4) is 22.2 Å². The van der Waals surface area contributed by atoms with Crippen LogP contribution in [-0.4, -0.2) is 25.6 Å². The van der Waals surface area contributed by atoms with Crippen LogP contribution in [0.2, 0.25) is 0 Å². The zero-order valence-electron chi connectivity index (χ0n) is 17.4. The first-order chi connectivity index (χ1) is 14.7. The van der Waals surface area contributed by atoms with E-state index in [4.69, 9.17) is 4.52 Å². The third-order valence-corrected chi connectivity index (χ3v) is 8.03. The van der Waals surface area contributed by atoms with E-state index in [1.807, 2.05) is 32.0 Å². The van der Waals surface area contributed by atoms with Crippen molar-refractivity contribution in [2.45, 2.75) is 25.7 Å². The molecule has 6 nitrogen and oxygen atoms in total. The molecule has 31 heavy (non-hydrogen) atoms. The smallest absolute Gasteiger partial charge is 0.269 e. The Bertz CT molecular complexity index is 1380. The van der Waals surface area contributed by atoms with Gasteiger partial charge in [-0.3, -0.25) is 4.31 Å². The molecule has 0 fully saturated rings. The molecule has 0 radical (unpaired) electrons. The second kappa shape index (κ2) is 7.90. The van der Waals surface area contributed by atoms with E-state index < -0.39 is 15.8 Å². The number of aromatic nitrogens is 2. The summed E-state index contributed by atoms with van der Waals surface area (Å²) in [5.74, 6) is 0.0223. The van der Waals surface area contributed by atoms with Crippen LogP contribution in [0.3, 0.4) is 0 Å². The van der Waals surface area contributed by atoms with Crippen molar-refractivity contribution in [1.82, 2.24) is 10.1 Å². The summed E-state index contributed by atoms with van der Waals surface area (Å²) in [5.41, 5.74) is 3.69. The predicted molar refractivity (Wildman–Crippen MR) is 119 cm³/mol. The highest BCUT2D eigenvalue weighted by atomic mass is 32.2. The van der Waals surface area contributed by atoms with Gasteiger partial charge in [0.25, 0.3) is 15.9 Å². The summed E-state index contributed by atoms with van der Waals surface area (Å²) in [5, 5.41) is 5.67. The Labute approximate surface area is 184 Å². The predicted octanol–water partition coefficient (Wildman–Crippen LogP) is 5.35. The van der Waals surface area contributed by atoms with Crippen LogP contribution >= 0.6 is 11.3 Å². The largest absolute Gasteiger partial charge is 0.333 e. The van der Waals surface area contributed by atoms with Crippen molar-refractivity contribution in [3.05, 3.63) is 70.4 Å². The number of hydrogen-bond donors (Lipinski definition) is 0. The first-order valence-electron chi connectivity index (χ1n) is 9.43. The van der Waals surface area contributed by atoms with Crippen LogP contribution in [-0.2, 0) is 10.0 Å². The number of benzene rings is 2. The van der Waals surface area contributed by atoms with Gasteiger partial charge in [0.2, 0.25) is 5.82 Å². The fraction of sp³-hybridized carbons (Fsp3) is 0.182. The number of aryl methyl sites for hydroxylation is 3. The van der Waals surface area contributed by atoms with Crippen LogP contribution in [0.4, 0.5) is 10.1 Å². The Hall–Kier alpha value is -3.04. The molecule has 0 saturated heterocycles. The van der Waals surface area contributed by atoms with Crippen LogP contribution in [0.25, 0.3) is 22.2 Å². The Morgan fingerprint density at radius 3 is 2.45 bits per heavy atom. The van der Waals surface area contributed by atoms with Crippen molar-refractivity contribution in [3.63, 3.8) is 0 Å². The standard InChI is InChI=1S/C22H20FN3O3S2/c1-13-5-7-16(11-15(13)3)21-24-22(29-25-21)20-19(9-10-30-20)31(27,28)26(4)17-8-6-14(2)18(23)12-17/h5-12H,1-4H3. The number of sulfonamides is 1. The monoisotopic (exact) mass is 457 g/mol. The lowest BCUT2D eigenvalue weighted by Gasteiger charge is -2.19. The summed E-state index contributed by atoms with van der Waals surface area (Å²) in [6, 6.07) is 11.6.